The molecule has 0 atom stereocenters. The summed E-state index contributed by atoms with van der Waals surface area (Å²) in [5, 5.41) is 13.4. The summed E-state index contributed by atoms with van der Waals surface area (Å²) in [6.45, 7) is 2.63. The molecule has 25 heavy (non-hydrogen) atoms. The Labute approximate surface area is 150 Å². The predicted molar refractivity (Wildman–Crippen MR) is 97.6 cm³/mol. The second kappa shape index (κ2) is 8.94. The normalized spacial score (nSPS) is 10.7. The van der Waals surface area contributed by atoms with Gasteiger partial charge in [0.1, 0.15) is 17.3 Å². The van der Waals surface area contributed by atoms with Crippen LogP contribution < -0.4 is 10.6 Å². The monoisotopic (exact) mass is 360 g/mol. The number of nitrogens with zero attached hydrogens (tertiary/aromatic N) is 1. The summed E-state index contributed by atoms with van der Waals surface area (Å²) < 4.78 is 13.3. The van der Waals surface area contributed by atoms with E-state index in [1.165, 1.54) is 18.2 Å². The van der Waals surface area contributed by atoms with Gasteiger partial charge in [-0.15, -0.1) is 0 Å². The highest BCUT2D eigenvalue weighted by Gasteiger charge is 2.08. The van der Waals surface area contributed by atoms with Crippen molar-refractivity contribution in [3.63, 3.8) is 0 Å². The number of hydrogen-bond acceptors (Lipinski definition) is 4. The van der Waals surface area contributed by atoms with Crippen molar-refractivity contribution in [1.82, 2.24) is 10.3 Å². The van der Waals surface area contributed by atoms with E-state index in [0.29, 0.717) is 23.8 Å². The van der Waals surface area contributed by atoms with Gasteiger partial charge in [-0.2, -0.15) is 0 Å². The summed E-state index contributed by atoms with van der Waals surface area (Å²) in [4.78, 5) is 16.0. The predicted octanol–water partition coefficient (Wildman–Crippen LogP) is 3.55. The van der Waals surface area contributed by atoms with Gasteiger partial charge in [0.15, 0.2) is 0 Å². The first-order valence-electron chi connectivity index (χ1n) is 7.67. The number of halogens is 2. The van der Waals surface area contributed by atoms with E-state index in [0.717, 1.165) is 11.1 Å². The summed E-state index contributed by atoms with van der Waals surface area (Å²) in [7, 11) is 0. The Kier molecular flexibility index (Phi) is 6.65. The van der Waals surface area contributed by atoms with Crippen LogP contribution in [0.3, 0.4) is 0 Å². The summed E-state index contributed by atoms with van der Waals surface area (Å²) in [6, 6.07) is 7.77. The Balaban J connectivity index is 1.97. The fourth-order valence-corrected chi connectivity index (χ4v) is 2.32. The van der Waals surface area contributed by atoms with E-state index in [-0.39, 0.29) is 11.5 Å². The summed E-state index contributed by atoms with van der Waals surface area (Å²) in [5.41, 5.74) is 1.40. The standard InChI is InChI=1S/C18H18ClFN4O/c1-2-22-6-5-16(21)18(25)24-17-4-3-12(11-23-17)7-13-8-14(19)10-15(20)9-13/h3-6,8-11,21-22H,2,7H2,1H3,(H,23,24,25)/b6-5-,21-16?. The molecule has 0 bridgehead atoms. The average molecular weight is 361 g/mol. The molecule has 3 N–H and O–H groups in total. The van der Waals surface area contributed by atoms with Crippen molar-refractivity contribution >= 4 is 29.0 Å². The zero-order valence-electron chi connectivity index (χ0n) is 13.6. The van der Waals surface area contributed by atoms with Crippen LogP contribution in [0.4, 0.5) is 10.2 Å². The number of carbonyl (C=O) groups is 1. The molecule has 0 aliphatic rings. The van der Waals surface area contributed by atoms with Crippen LogP contribution in [0.25, 0.3) is 0 Å². The number of benzene rings is 1. The molecule has 5 nitrogen and oxygen atoms in total. The maximum absolute atomic E-state index is 13.3. The van der Waals surface area contributed by atoms with Crippen LogP contribution in [0.2, 0.25) is 5.02 Å². The third-order valence-corrected chi connectivity index (χ3v) is 3.43. The van der Waals surface area contributed by atoms with Crippen molar-refractivity contribution in [2.24, 2.45) is 0 Å². The number of rotatable bonds is 7. The Morgan fingerprint density at radius 3 is 2.76 bits per heavy atom. The minimum Gasteiger partial charge on any atom is -0.391 e. The molecule has 0 aliphatic heterocycles. The molecule has 0 aliphatic carbocycles. The molecule has 0 saturated heterocycles. The van der Waals surface area contributed by atoms with Gasteiger partial charge >= 0.3 is 0 Å². The van der Waals surface area contributed by atoms with Crippen molar-refractivity contribution in [3.05, 3.63) is 70.8 Å². The van der Waals surface area contributed by atoms with Crippen LogP contribution in [0.1, 0.15) is 18.1 Å². The lowest BCUT2D eigenvalue weighted by atomic mass is 10.1. The molecule has 2 rings (SSSR count). The number of aromatic nitrogens is 1. The average Bonchev–Trinajstić information content (AvgIpc) is 2.56. The van der Waals surface area contributed by atoms with E-state index in [1.54, 1.807) is 30.6 Å². The van der Waals surface area contributed by atoms with E-state index < -0.39 is 5.91 Å². The van der Waals surface area contributed by atoms with Crippen LogP contribution >= 0.6 is 11.6 Å². The molecule has 0 spiro atoms. The number of anilines is 1. The third-order valence-electron chi connectivity index (χ3n) is 3.21. The van der Waals surface area contributed by atoms with Crippen molar-refractivity contribution in [2.75, 3.05) is 11.9 Å². The molecule has 1 heterocycles. The number of carbonyl (C=O) groups excluding carboxylic acids is 1. The maximum atomic E-state index is 13.3. The lowest BCUT2D eigenvalue weighted by Gasteiger charge is -2.06. The number of hydrogen-bond donors (Lipinski definition) is 3. The minimum absolute atomic E-state index is 0.179. The van der Waals surface area contributed by atoms with Gasteiger partial charge in [-0.25, -0.2) is 9.37 Å². The molecule has 1 aromatic carbocycles. The molecule has 0 radical (unpaired) electrons. The van der Waals surface area contributed by atoms with Gasteiger partial charge < -0.3 is 10.6 Å². The van der Waals surface area contributed by atoms with Crippen LogP contribution in [0, 0.1) is 11.2 Å². The highest BCUT2D eigenvalue weighted by atomic mass is 35.5. The van der Waals surface area contributed by atoms with Crippen molar-refractivity contribution in [3.8, 4) is 0 Å². The smallest absolute Gasteiger partial charge is 0.274 e. The largest absolute Gasteiger partial charge is 0.391 e. The fourth-order valence-electron chi connectivity index (χ4n) is 2.07. The van der Waals surface area contributed by atoms with Gasteiger partial charge in [0.2, 0.25) is 0 Å². The fraction of sp³-hybridized carbons (Fsp3) is 0.167. The van der Waals surface area contributed by atoms with E-state index in [2.05, 4.69) is 15.6 Å². The van der Waals surface area contributed by atoms with Crippen LogP contribution in [-0.4, -0.2) is 23.1 Å². The van der Waals surface area contributed by atoms with E-state index in [4.69, 9.17) is 17.0 Å². The van der Waals surface area contributed by atoms with Gasteiger partial charge in [0.25, 0.3) is 5.91 Å². The first kappa shape index (κ1) is 18.6. The van der Waals surface area contributed by atoms with Gasteiger partial charge in [0.05, 0.1) is 0 Å². The Morgan fingerprint density at radius 2 is 2.12 bits per heavy atom. The van der Waals surface area contributed by atoms with Crippen LogP contribution in [0.5, 0.6) is 0 Å². The third kappa shape index (κ3) is 6.00. The molecule has 1 amide bonds. The topological polar surface area (TPSA) is 77.9 Å². The second-order valence-electron chi connectivity index (χ2n) is 5.26. The lowest BCUT2D eigenvalue weighted by molar-refractivity contribution is -0.110. The van der Waals surface area contributed by atoms with Crippen molar-refractivity contribution in [1.29, 1.82) is 5.41 Å². The Hall–Kier alpha value is -2.73. The SMILES string of the molecule is CCN/C=C\C(=N)C(=O)Nc1ccc(Cc2cc(F)cc(Cl)c2)cn1. The van der Waals surface area contributed by atoms with Crippen LogP contribution in [0.15, 0.2) is 48.8 Å². The van der Waals surface area contributed by atoms with Crippen molar-refractivity contribution in [2.45, 2.75) is 13.3 Å². The molecule has 2 aromatic rings. The lowest BCUT2D eigenvalue weighted by Crippen LogP contribution is -2.21. The quantitative estimate of drug-likeness (QED) is 0.661. The molecule has 130 valence electrons. The van der Waals surface area contributed by atoms with Gasteiger partial charge in [-0.3, -0.25) is 10.2 Å². The molecular formula is C18H18ClFN4O. The highest BCUT2D eigenvalue weighted by molar-refractivity contribution is 6.45. The Bertz CT molecular complexity index is 770. The number of amides is 1. The van der Waals surface area contributed by atoms with E-state index in [9.17, 15) is 9.18 Å². The summed E-state index contributed by atoms with van der Waals surface area (Å²) >= 11 is 5.84. The highest BCUT2D eigenvalue weighted by Crippen LogP contribution is 2.17. The first-order valence-corrected chi connectivity index (χ1v) is 8.05. The molecule has 0 fully saturated rings. The number of pyridine rings is 1. The zero-order chi connectivity index (χ0) is 18.2. The first-order chi connectivity index (χ1) is 12.0. The van der Waals surface area contributed by atoms with E-state index in [1.807, 2.05) is 6.92 Å². The van der Waals surface area contributed by atoms with Crippen LogP contribution in [-0.2, 0) is 11.2 Å². The van der Waals surface area contributed by atoms with E-state index >= 15 is 0 Å². The van der Waals surface area contributed by atoms with Gasteiger partial charge in [-0.1, -0.05) is 17.7 Å². The molecular weight excluding hydrogens is 343 g/mol. The summed E-state index contributed by atoms with van der Waals surface area (Å²) in [6.07, 6.45) is 4.98. The van der Waals surface area contributed by atoms with Crippen molar-refractivity contribution < 1.29 is 9.18 Å². The zero-order valence-corrected chi connectivity index (χ0v) is 14.4. The summed E-state index contributed by atoms with van der Waals surface area (Å²) in [5.74, 6) is -0.595. The second-order valence-corrected chi connectivity index (χ2v) is 5.70. The molecule has 0 saturated carbocycles. The molecule has 1 aromatic heterocycles. The van der Waals surface area contributed by atoms with Gasteiger partial charge in [0, 0.05) is 17.8 Å². The number of nitrogens with one attached hydrogen (secondary N) is 3. The maximum Gasteiger partial charge on any atom is 0.274 e. The van der Waals surface area contributed by atoms with Gasteiger partial charge in [-0.05, 0) is 61.0 Å². The minimum atomic E-state index is -0.550. The molecule has 0 unspecified atom stereocenters. The molecule has 7 heteroatoms. The Morgan fingerprint density at radius 1 is 1.32 bits per heavy atom.